The SMILES string of the molecule is O=C([O-])c1ccccc1NC(=O)C(F)(F)F.[Na+]. The Morgan fingerprint density at radius 1 is 1.18 bits per heavy atom. The summed E-state index contributed by atoms with van der Waals surface area (Å²) >= 11 is 0. The van der Waals surface area contributed by atoms with E-state index < -0.39 is 29.3 Å². The Balaban J connectivity index is 0.00000256. The third-order valence-corrected chi connectivity index (χ3v) is 1.65. The molecule has 0 unspecified atom stereocenters. The second-order valence-electron chi connectivity index (χ2n) is 2.78. The van der Waals surface area contributed by atoms with Crippen molar-refractivity contribution >= 4 is 17.6 Å². The fourth-order valence-corrected chi connectivity index (χ4v) is 0.963. The van der Waals surface area contributed by atoms with Crippen molar-refractivity contribution in [3.63, 3.8) is 0 Å². The summed E-state index contributed by atoms with van der Waals surface area (Å²) in [4.78, 5) is 21.1. The maximum Gasteiger partial charge on any atom is 1.00 e. The third kappa shape index (κ3) is 4.37. The van der Waals surface area contributed by atoms with Gasteiger partial charge in [-0.25, -0.2) is 0 Å². The fraction of sp³-hybridized carbons (Fsp3) is 0.111. The Labute approximate surface area is 116 Å². The summed E-state index contributed by atoms with van der Waals surface area (Å²) in [5.74, 6) is -3.90. The van der Waals surface area contributed by atoms with E-state index >= 15 is 0 Å². The quantitative estimate of drug-likeness (QED) is 0.597. The van der Waals surface area contributed by atoms with E-state index in [0.717, 1.165) is 12.1 Å². The van der Waals surface area contributed by atoms with E-state index in [4.69, 9.17) is 0 Å². The number of carboxylic acid groups (broad SMARTS) is 1. The summed E-state index contributed by atoms with van der Waals surface area (Å²) in [7, 11) is 0. The van der Waals surface area contributed by atoms with Gasteiger partial charge in [-0.05, 0) is 6.07 Å². The van der Waals surface area contributed by atoms with Crippen LogP contribution in [0.3, 0.4) is 0 Å². The van der Waals surface area contributed by atoms with Crippen LogP contribution >= 0.6 is 0 Å². The average Bonchev–Trinajstić information content (AvgIpc) is 2.16. The van der Waals surface area contributed by atoms with Crippen LogP contribution in [0.15, 0.2) is 24.3 Å². The number of carbonyl (C=O) groups is 2. The van der Waals surface area contributed by atoms with E-state index in [9.17, 15) is 27.9 Å². The first-order chi connectivity index (χ1) is 7.32. The van der Waals surface area contributed by atoms with Crippen molar-refractivity contribution in [2.24, 2.45) is 0 Å². The molecule has 0 fully saturated rings. The van der Waals surface area contributed by atoms with Gasteiger partial charge in [0.05, 0.1) is 11.7 Å². The van der Waals surface area contributed by atoms with Gasteiger partial charge in [0.25, 0.3) is 0 Å². The standard InChI is InChI=1S/C9H6F3NO3.Na/c10-9(11,12)8(16)13-6-4-2-1-3-5(6)7(14)15;/h1-4H,(H,13,16)(H,14,15);/q;+1/p-1. The number of halogens is 3. The van der Waals surface area contributed by atoms with Crippen LogP contribution in [-0.4, -0.2) is 18.1 Å². The van der Waals surface area contributed by atoms with Crippen molar-refractivity contribution in [1.82, 2.24) is 0 Å². The van der Waals surface area contributed by atoms with Crippen LogP contribution < -0.4 is 40.0 Å². The first kappa shape index (κ1) is 16.0. The molecule has 86 valence electrons. The number of rotatable bonds is 2. The molecule has 0 heterocycles. The number of para-hydroxylation sites is 1. The number of nitrogens with one attached hydrogen (secondary N) is 1. The molecule has 0 saturated carbocycles. The van der Waals surface area contributed by atoms with Crippen LogP contribution in [0.1, 0.15) is 10.4 Å². The molecule has 1 amide bonds. The molecule has 17 heavy (non-hydrogen) atoms. The minimum Gasteiger partial charge on any atom is -0.545 e. The van der Waals surface area contributed by atoms with Gasteiger partial charge in [-0.1, -0.05) is 18.2 Å². The number of aromatic carboxylic acids is 1. The Morgan fingerprint density at radius 2 is 1.71 bits per heavy atom. The topological polar surface area (TPSA) is 69.2 Å². The van der Waals surface area contributed by atoms with Crippen molar-refractivity contribution in [3.8, 4) is 0 Å². The number of anilines is 1. The van der Waals surface area contributed by atoms with Crippen molar-refractivity contribution in [1.29, 1.82) is 0 Å². The van der Waals surface area contributed by atoms with Gasteiger partial charge in [0.1, 0.15) is 0 Å². The van der Waals surface area contributed by atoms with Crippen LogP contribution in [0.5, 0.6) is 0 Å². The normalized spacial score (nSPS) is 10.3. The number of benzene rings is 1. The zero-order chi connectivity index (χ0) is 12.3. The van der Waals surface area contributed by atoms with Crippen molar-refractivity contribution in [3.05, 3.63) is 29.8 Å². The first-order valence-electron chi connectivity index (χ1n) is 4.01. The second kappa shape index (κ2) is 6.04. The Kier molecular flexibility index (Phi) is 5.67. The zero-order valence-electron chi connectivity index (χ0n) is 8.67. The fourth-order valence-electron chi connectivity index (χ4n) is 0.963. The summed E-state index contributed by atoms with van der Waals surface area (Å²) in [6.45, 7) is 0. The Bertz CT molecular complexity index is 434. The number of carbonyl (C=O) groups excluding carboxylic acids is 2. The number of carboxylic acids is 1. The molecule has 0 aliphatic carbocycles. The zero-order valence-corrected chi connectivity index (χ0v) is 10.7. The Morgan fingerprint density at radius 3 is 2.18 bits per heavy atom. The molecular formula is C9H5F3NNaO3. The van der Waals surface area contributed by atoms with Gasteiger partial charge in [-0.3, -0.25) is 4.79 Å². The number of hydrogen-bond donors (Lipinski definition) is 1. The maximum atomic E-state index is 11.9. The second-order valence-corrected chi connectivity index (χ2v) is 2.78. The Hall–Kier alpha value is -1.05. The average molecular weight is 255 g/mol. The van der Waals surface area contributed by atoms with Gasteiger partial charge in [0, 0.05) is 5.56 Å². The summed E-state index contributed by atoms with van der Waals surface area (Å²) in [6, 6.07) is 4.66. The van der Waals surface area contributed by atoms with Crippen molar-refractivity contribution in [2.45, 2.75) is 6.18 Å². The van der Waals surface area contributed by atoms with Gasteiger partial charge in [-0.15, -0.1) is 0 Å². The molecule has 1 aromatic carbocycles. The summed E-state index contributed by atoms with van der Waals surface area (Å²) in [6.07, 6.45) is -5.07. The molecular weight excluding hydrogens is 250 g/mol. The molecule has 0 saturated heterocycles. The molecule has 0 aliphatic heterocycles. The largest absolute Gasteiger partial charge is 1.00 e. The molecule has 0 radical (unpaired) electrons. The van der Waals surface area contributed by atoms with E-state index in [1.54, 1.807) is 0 Å². The van der Waals surface area contributed by atoms with Gasteiger partial charge in [0.2, 0.25) is 0 Å². The van der Waals surface area contributed by atoms with Crippen molar-refractivity contribution < 1.29 is 57.4 Å². The minimum absolute atomic E-state index is 0. The molecule has 1 rings (SSSR count). The van der Waals surface area contributed by atoms with E-state index in [1.807, 2.05) is 0 Å². The van der Waals surface area contributed by atoms with Gasteiger partial charge in [-0.2, -0.15) is 13.2 Å². The predicted molar refractivity (Wildman–Crippen MR) is 45.5 cm³/mol. The molecule has 0 spiro atoms. The summed E-state index contributed by atoms with van der Waals surface area (Å²) in [5, 5.41) is 12.0. The van der Waals surface area contributed by atoms with E-state index in [2.05, 4.69) is 0 Å². The van der Waals surface area contributed by atoms with E-state index in [0.29, 0.717) is 0 Å². The number of amides is 1. The predicted octanol–water partition coefficient (Wildman–Crippen LogP) is -2.45. The van der Waals surface area contributed by atoms with Gasteiger partial charge in [0.15, 0.2) is 0 Å². The van der Waals surface area contributed by atoms with Crippen LogP contribution in [0.2, 0.25) is 0 Å². The molecule has 1 aromatic rings. The molecule has 0 aromatic heterocycles. The maximum absolute atomic E-state index is 11.9. The molecule has 1 N–H and O–H groups in total. The van der Waals surface area contributed by atoms with Crippen LogP contribution in [-0.2, 0) is 4.79 Å². The van der Waals surface area contributed by atoms with Crippen molar-refractivity contribution in [2.75, 3.05) is 5.32 Å². The van der Waals surface area contributed by atoms with Crippen LogP contribution in [0.25, 0.3) is 0 Å². The summed E-state index contributed by atoms with van der Waals surface area (Å²) in [5.41, 5.74) is -0.968. The molecule has 8 heteroatoms. The molecule has 0 aliphatic rings. The first-order valence-corrected chi connectivity index (χ1v) is 4.01. The van der Waals surface area contributed by atoms with E-state index in [-0.39, 0.29) is 29.6 Å². The molecule has 4 nitrogen and oxygen atoms in total. The van der Waals surface area contributed by atoms with Gasteiger partial charge < -0.3 is 15.2 Å². The molecule has 0 bridgehead atoms. The van der Waals surface area contributed by atoms with Crippen LogP contribution in [0.4, 0.5) is 18.9 Å². The van der Waals surface area contributed by atoms with Gasteiger partial charge >= 0.3 is 41.6 Å². The minimum atomic E-state index is -5.07. The smallest absolute Gasteiger partial charge is 0.545 e. The number of hydrogen-bond acceptors (Lipinski definition) is 3. The summed E-state index contributed by atoms with van der Waals surface area (Å²) < 4.78 is 35.7. The monoisotopic (exact) mass is 255 g/mol. The molecule has 0 atom stereocenters. The number of alkyl halides is 3. The van der Waals surface area contributed by atoms with E-state index in [1.165, 1.54) is 17.4 Å². The van der Waals surface area contributed by atoms with Crippen LogP contribution in [0, 0.1) is 0 Å². The third-order valence-electron chi connectivity index (χ3n) is 1.65.